The summed E-state index contributed by atoms with van der Waals surface area (Å²) >= 11 is -0.941. The first-order valence-corrected chi connectivity index (χ1v) is 17.5. The Hall–Kier alpha value is -2.33. The van der Waals surface area contributed by atoms with Crippen LogP contribution in [0.4, 0.5) is 0 Å². The van der Waals surface area contributed by atoms with E-state index >= 15 is 0 Å². The topological polar surface area (TPSA) is 17.8 Å². The van der Waals surface area contributed by atoms with Gasteiger partial charge < -0.3 is 0 Å². The first-order valence-electron chi connectivity index (χ1n) is 14.7. The molecule has 0 aliphatic rings. The van der Waals surface area contributed by atoms with Crippen molar-refractivity contribution in [2.75, 3.05) is 0 Å². The Morgan fingerprint density at radius 2 is 1.00 bits per heavy atom. The summed E-state index contributed by atoms with van der Waals surface area (Å²) in [5, 5.41) is 0. The average molecular weight is 611 g/mol. The Morgan fingerprint density at radius 1 is 0.605 bits per heavy atom. The molecule has 1 heterocycles. The van der Waals surface area contributed by atoms with Crippen molar-refractivity contribution in [3.63, 3.8) is 0 Å². The standard InChI is InChI=1S/C22H17N2.C13H27.Sn/c1-4-10-19(11-5-1)22(24-17-16-23-18-24,20-12-6-2-7-13-20)21-14-8-3-9-15-21;1-4-7-10-13(11-8-5-2)12-9-6-3;/h1-15,17-18H;4-12H2,1-3H3;. The molecule has 0 N–H and O–H groups in total. The maximum absolute atomic E-state index is 5.21. The summed E-state index contributed by atoms with van der Waals surface area (Å²) < 4.78 is 4.33. The number of unbranched alkanes of at least 4 members (excludes halogenated alkanes) is 3. The zero-order chi connectivity index (χ0) is 26.7. The molecule has 198 valence electrons. The van der Waals surface area contributed by atoms with Crippen molar-refractivity contribution in [3.8, 4) is 0 Å². The van der Waals surface area contributed by atoms with Crippen molar-refractivity contribution >= 4 is 24.9 Å². The summed E-state index contributed by atoms with van der Waals surface area (Å²) in [4.78, 5) is 5.21. The van der Waals surface area contributed by atoms with Crippen LogP contribution >= 0.6 is 0 Å². The SMILES string of the molecule is CCCC[C](CCCC)(CCCC)[Sn][c]1cn(C(c2ccccc2)(c2ccccc2)c2ccccc2)cn1. The van der Waals surface area contributed by atoms with Crippen molar-refractivity contribution in [2.45, 2.75) is 87.5 Å². The van der Waals surface area contributed by atoms with Gasteiger partial charge in [0.05, 0.1) is 0 Å². The van der Waals surface area contributed by atoms with Crippen LogP contribution in [0.3, 0.4) is 0 Å². The van der Waals surface area contributed by atoms with Crippen molar-refractivity contribution in [2.24, 2.45) is 0 Å². The summed E-state index contributed by atoms with van der Waals surface area (Å²) in [5.74, 6) is 0. The Morgan fingerprint density at radius 3 is 1.37 bits per heavy atom. The third kappa shape index (κ3) is 6.44. The molecular weight excluding hydrogens is 567 g/mol. The molecule has 0 bridgehead atoms. The van der Waals surface area contributed by atoms with Crippen LogP contribution in [0.15, 0.2) is 104 Å². The molecule has 3 aromatic carbocycles. The van der Waals surface area contributed by atoms with Gasteiger partial charge in [-0.25, -0.2) is 0 Å². The fourth-order valence-corrected chi connectivity index (χ4v) is 11.0. The molecule has 0 unspecified atom stereocenters. The molecule has 0 aliphatic carbocycles. The van der Waals surface area contributed by atoms with E-state index in [0.717, 1.165) is 0 Å². The second kappa shape index (κ2) is 14.2. The normalized spacial score (nSPS) is 12.1. The van der Waals surface area contributed by atoms with Crippen molar-refractivity contribution < 1.29 is 0 Å². The van der Waals surface area contributed by atoms with Gasteiger partial charge in [0, 0.05) is 0 Å². The number of imidazole rings is 1. The van der Waals surface area contributed by atoms with Gasteiger partial charge in [-0.05, 0) is 0 Å². The fourth-order valence-electron chi connectivity index (χ4n) is 5.94. The zero-order valence-corrected chi connectivity index (χ0v) is 26.4. The van der Waals surface area contributed by atoms with E-state index < -0.39 is 26.7 Å². The van der Waals surface area contributed by atoms with Crippen LogP contribution in [0.5, 0.6) is 0 Å². The molecule has 2 radical (unpaired) electrons. The van der Waals surface area contributed by atoms with Gasteiger partial charge in [0.2, 0.25) is 0 Å². The molecule has 0 amide bonds. The van der Waals surface area contributed by atoms with Gasteiger partial charge in [-0.2, -0.15) is 0 Å². The minimum absolute atomic E-state index is 0.465. The van der Waals surface area contributed by atoms with Crippen molar-refractivity contribution in [3.05, 3.63) is 120 Å². The molecule has 38 heavy (non-hydrogen) atoms. The average Bonchev–Trinajstić information content (AvgIpc) is 3.44. The first-order chi connectivity index (χ1) is 18.7. The van der Waals surface area contributed by atoms with Crippen molar-refractivity contribution in [1.82, 2.24) is 9.55 Å². The summed E-state index contributed by atoms with van der Waals surface area (Å²) in [6, 6.07) is 32.9. The van der Waals surface area contributed by atoms with Crippen molar-refractivity contribution in [1.29, 1.82) is 0 Å². The molecule has 4 rings (SSSR count). The van der Waals surface area contributed by atoms with E-state index in [2.05, 4.69) is 129 Å². The quantitative estimate of drug-likeness (QED) is 0.0971. The number of hydrogen-bond donors (Lipinski definition) is 0. The number of nitrogens with zero attached hydrogens (tertiary/aromatic N) is 2. The zero-order valence-electron chi connectivity index (χ0n) is 23.6. The molecule has 0 aliphatic heterocycles. The van der Waals surface area contributed by atoms with Crippen LogP contribution in [-0.2, 0) is 5.54 Å². The van der Waals surface area contributed by atoms with E-state index in [9.17, 15) is 0 Å². The maximum atomic E-state index is 5.21. The number of aromatic nitrogens is 2. The number of hydrogen-bond acceptors (Lipinski definition) is 1. The van der Waals surface area contributed by atoms with Gasteiger partial charge in [-0.15, -0.1) is 0 Å². The van der Waals surface area contributed by atoms with E-state index in [4.69, 9.17) is 4.98 Å². The Labute approximate surface area is 241 Å². The summed E-state index contributed by atoms with van der Waals surface area (Å²) in [5.41, 5.74) is 3.33. The molecule has 0 saturated heterocycles. The van der Waals surface area contributed by atoms with Crippen LogP contribution < -0.4 is 3.71 Å². The molecule has 1 aromatic heterocycles. The molecular formula is C35H44N2Sn. The molecule has 4 aromatic rings. The fraction of sp³-hybridized carbons (Fsp3) is 0.400. The third-order valence-electron chi connectivity index (χ3n) is 7.96. The van der Waals surface area contributed by atoms with Gasteiger partial charge in [0.1, 0.15) is 0 Å². The predicted octanol–water partition coefficient (Wildman–Crippen LogP) is 8.78. The predicted molar refractivity (Wildman–Crippen MR) is 163 cm³/mol. The van der Waals surface area contributed by atoms with Gasteiger partial charge in [-0.1, -0.05) is 0 Å². The van der Waals surface area contributed by atoms with Crippen LogP contribution in [-0.4, -0.2) is 30.7 Å². The second-order valence-electron chi connectivity index (χ2n) is 10.7. The summed E-state index contributed by atoms with van der Waals surface area (Å²) in [6.07, 6.45) is 16.6. The van der Waals surface area contributed by atoms with Gasteiger partial charge in [0.15, 0.2) is 0 Å². The first kappa shape index (κ1) is 28.7. The second-order valence-corrected chi connectivity index (χ2v) is 15.9. The molecule has 0 atom stereocenters. The van der Waals surface area contributed by atoms with Gasteiger partial charge >= 0.3 is 242 Å². The number of rotatable bonds is 15. The van der Waals surface area contributed by atoms with E-state index in [1.54, 1.807) is 0 Å². The van der Waals surface area contributed by atoms with Crippen LogP contribution in [0, 0.1) is 0 Å². The van der Waals surface area contributed by atoms with E-state index in [1.807, 2.05) is 0 Å². The Bertz CT molecular complexity index is 1080. The van der Waals surface area contributed by atoms with Crippen LogP contribution in [0.25, 0.3) is 0 Å². The van der Waals surface area contributed by atoms with Gasteiger partial charge in [-0.3, -0.25) is 0 Å². The third-order valence-corrected chi connectivity index (χ3v) is 13.1. The monoisotopic (exact) mass is 612 g/mol. The number of benzene rings is 3. The van der Waals surface area contributed by atoms with Crippen LogP contribution in [0.2, 0.25) is 3.43 Å². The summed E-state index contributed by atoms with van der Waals surface area (Å²) in [6.45, 7) is 7.04. The molecule has 0 spiro atoms. The molecule has 0 saturated carbocycles. The van der Waals surface area contributed by atoms with Gasteiger partial charge in [0.25, 0.3) is 0 Å². The Balaban J connectivity index is 1.85. The van der Waals surface area contributed by atoms with E-state index in [1.165, 1.54) is 78.2 Å². The molecule has 3 heteroatoms. The van der Waals surface area contributed by atoms with Crippen LogP contribution in [0.1, 0.15) is 95.2 Å². The summed E-state index contributed by atoms with van der Waals surface area (Å²) in [7, 11) is 0. The molecule has 2 nitrogen and oxygen atoms in total. The minimum atomic E-state index is -0.941. The molecule has 0 fully saturated rings. The van der Waals surface area contributed by atoms with E-state index in [0.29, 0.717) is 3.43 Å². The Kier molecular flexibility index (Phi) is 10.7. The van der Waals surface area contributed by atoms with E-state index in [-0.39, 0.29) is 0 Å².